The van der Waals surface area contributed by atoms with Gasteiger partial charge in [-0.05, 0) is 17.5 Å². The molecule has 2 aliphatic heterocycles. The summed E-state index contributed by atoms with van der Waals surface area (Å²) in [6, 6.07) is 19.8. The number of thioether (sulfide) groups is 2. The minimum absolute atomic E-state index is 0.145. The Bertz CT molecular complexity index is 1380. The first kappa shape index (κ1) is 41.9. The predicted molar refractivity (Wildman–Crippen MR) is 194 cm³/mol. The number of rotatable bonds is 15. The number of aliphatic imine (C=N–C) groups is 2. The Morgan fingerprint density at radius 2 is 1.29 bits per heavy atom. The van der Waals surface area contributed by atoms with Gasteiger partial charge in [-0.2, -0.15) is 0 Å². The van der Waals surface area contributed by atoms with Crippen LogP contribution in [0.15, 0.2) is 70.6 Å². The van der Waals surface area contributed by atoms with E-state index < -0.39 is 4.75 Å². The van der Waals surface area contributed by atoms with Crippen LogP contribution >= 0.6 is 39.5 Å². The molecule has 268 valence electrons. The number of halogens is 1. The molecular weight excluding hydrogens is 740 g/mol. The molecule has 12 nitrogen and oxygen atoms in total. The smallest absolute Gasteiger partial charge is 0.324 e. The zero-order valence-electron chi connectivity index (χ0n) is 28.1. The van der Waals surface area contributed by atoms with Crippen LogP contribution in [0.5, 0.6) is 0 Å². The Balaban J connectivity index is 0.000000293. The summed E-state index contributed by atoms with van der Waals surface area (Å²) >= 11 is 5.84. The third-order valence-electron chi connectivity index (χ3n) is 6.72. The first-order chi connectivity index (χ1) is 23.7. The highest BCUT2D eigenvalue weighted by Gasteiger charge is 2.45. The van der Waals surface area contributed by atoms with Crippen LogP contribution in [-0.4, -0.2) is 104 Å². The molecule has 0 aromatic heterocycles. The summed E-state index contributed by atoms with van der Waals surface area (Å²) in [6.45, 7) is 2.59. The van der Waals surface area contributed by atoms with E-state index in [0.717, 1.165) is 21.2 Å². The van der Waals surface area contributed by atoms with E-state index in [-0.39, 0.29) is 42.1 Å². The van der Waals surface area contributed by atoms with E-state index in [2.05, 4.69) is 40.1 Å². The fourth-order valence-corrected chi connectivity index (χ4v) is 6.63. The molecule has 2 atom stereocenters. The van der Waals surface area contributed by atoms with E-state index in [4.69, 9.17) is 14.2 Å². The van der Waals surface area contributed by atoms with E-state index in [1.54, 1.807) is 0 Å². The quantitative estimate of drug-likeness (QED) is 0.135. The molecule has 0 radical (unpaired) electrons. The summed E-state index contributed by atoms with van der Waals surface area (Å²) < 4.78 is 28.9. The lowest BCUT2D eigenvalue weighted by Gasteiger charge is -2.23. The SMILES string of the molecule is COC(=O)C1CN=C(COCc2ccccc2)S1.COC(=O)CCBr.COC(=O)CCC1(C(=O)OC)CN=C(COCc2ccccc2)S1. The zero-order valence-corrected chi connectivity index (χ0v) is 31.3. The van der Waals surface area contributed by atoms with Gasteiger partial charge in [0.1, 0.15) is 10.00 Å². The summed E-state index contributed by atoms with van der Waals surface area (Å²) in [4.78, 5) is 53.7. The van der Waals surface area contributed by atoms with Crippen molar-refractivity contribution in [2.75, 3.05) is 60.1 Å². The number of carbonyl (C=O) groups excluding carboxylic acids is 4. The second-order valence-corrected chi connectivity index (χ2v) is 13.7. The molecule has 15 heteroatoms. The molecule has 0 saturated heterocycles. The topological polar surface area (TPSA) is 148 Å². The Morgan fingerprint density at radius 1 is 0.735 bits per heavy atom. The zero-order chi connectivity index (χ0) is 35.9. The van der Waals surface area contributed by atoms with Crippen LogP contribution in [0, 0.1) is 0 Å². The number of nitrogens with zero attached hydrogens (tertiary/aromatic N) is 2. The average molecular weight is 784 g/mol. The first-order valence-electron chi connectivity index (χ1n) is 15.2. The van der Waals surface area contributed by atoms with Crippen molar-refractivity contribution >= 4 is 73.4 Å². The summed E-state index contributed by atoms with van der Waals surface area (Å²) in [7, 11) is 5.44. The molecule has 0 fully saturated rings. The second-order valence-electron chi connectivity index (χ2n) is 10.2. The maximum atomic E-state index is 12.2. The van der Waals surface area contributed by atoms with Crippen molar-refractivity contribution in [3.05, 3.63) is 71.8 Å². The standard InChI is InChI=1S/C17H21NO5S.C13H15NO3S.C4H7BrO2/c1-21-15(19)8-9-17(16(20)22-2)12-18-14(24-17)11-23-10-13-6-4-3-5-7-13;1-16-13(15)11-7-14-12(18-11)9-17-8-10-5-3-2-4-6-10;1-7-4(6)2-3-5/h3-7H,8-12H2,1-2H3;2-6,11H,7-9H2,1H3;2-3H2,1H3. The third kappa shape index (κ3) is 15.9. The lowest BCUT2D eigenvalue weighted by Crippen LogP contribution is -2.38. The van der Waals surface area contributed by atoms with Gasteiger partial charge in [0.2, 0.25) is 0 Å². The van der Waals surface area contributed by atoms with Crippen molar-refractivity contribution in [2.24, 2.45) is 9.98 Å². The number of hydrogen-bond acceptors (Lipinski definition) is 14. The molecule has 4 rings (SSSR count). The lowest BCUT2D eigenvalue weighted by molar-refractivity contribution is -0.145. The van der Waals surface area contributed by atoms with Gasteiger partial charge in [-0.3, -0.25) is 29.2 Å². The fourth-order valence-electron chi connectivity index (χ4n) is 4.11. The van der Waals surface area contributed by atoms with Gasteiger partial charge in [-0.1, -0.05) is 100 Å². The second kappa shape index (κ2) is 24.0. The monoisotopic (exact) mass is 782 g/mol. The van der Waals surface area contributed by atoms with Gasteiger partial charge in [0.15, 0.2) is 0 Å². The molecule has 0 amide bonds. The molecule has 0 N–H and O–H groups in total. The molecular formula is C34H43BrN2O10S2. The van der Waals surface area contributed by atoms with E-state index in [9.17, 15) is 19.2 Å². The van der Waals surface area contributed by atoms with Crippen molar-refractivity contribution in [1.82, 2.24) is 0 Å². The summed E-state index contributed by atoms with van der Waals surface area (Å²) in [5, 5.41) is 2.08. The fraction of sp³-hybridized carbons (Fsp3) is 0.471. The average Bonchev–Trinajstić information content (AvgIpc) is 3.79. The van der Waals surface area contributed by atoms with E-state index in [1.165, 1.54) is 52.0 Å². The molecule has 2 unspecified atom stereocenters. The Hall–Kier alpha value is -3.24. The van der Waals surface area contributed by atoms with Crippen LogP contribution in [0.25, 0.3) is 0 Å². The van der Waals surface area contributed by atoms with Crippen LogP contribution in [0.4, 0.5) is 0 Å². The number of ether oxygens (including phenoxy) is 6. The maximum Gasteiger partial charge on any atom is 0.324 e. The van der Waals surface area contributed by atoms with Gasteiger partial charge in [0, 0.05) is 11.8 Å². The number of methoxy groups -OCH3 is 4. The minimum Gasteiger partial charge on any atom is -0.469 e. The number of esters is 4. The summed E-state index contributed by atoms with van der Waals surface area (Å²) in [6.07, 6.45) is 0.922. The van der Waals surface area contributed by atoms with Crippen molar-refractivity contribution in [2.45, 2.75) is 42.5 Å². The number of carbonyl (C=O) groups is 4. The van der Waals surface area contributed by atoms with Crippen LogP contribution in [-0.2, 0) is 60.8 Å². The Labute approximate surface area is 304 Å². The van der Waals surface area contributed by atoms with Crippen molar-refractivity contribution < 1.29 is 47.6 Å². The van der Waals surface area contributed by atoms with Gasteiger partial charge in [0.05, 0.1) is 84.5 Å². The van der Waals surface area contributed by atoms with Crippen LogP contribution in [0.1, 0.15) is 30.4 Å². The molecule has 2 aromatic carbocycles. The van der Waals surface area contributed by atoms with Crippen LogP contribution in [0.3, 0.4) is 0 Å². The van der Waals surface area contributed by atoms with Crippen molar-refractivity contribution in [1.29, 1.82) is 0 Å². The van der Waals surface area contributed by atoms with Gasteiger partial charge < -0.3 is 28.4 Å². The number of hydrogen-bond donors (Lipinski definition) is 0. The highest BCUT2D eigenvalue weighted by atomic mass is 79.9. The number of alkyl halides is 1. The van der Waals surface area contributed by atoms with Gasteiger partial charge in [0.25, 0.3) is 0 Å². The van der Waals surface area contributed by atoms with Gasteiger partial charge in [-0.15, -0.1) is 0 Å². The normalized spacial score (nSPS) is 17.6. The molecule has 0 bridgehead atoms. The minimum atomic E-state index is -0.867. The van der Waals surface area contributed by atoms with Gasteiger partial charge >= 0.3 is 23.9 Å². The first-order valence-corrected chi connectivity index (χ1v) is 18.0. The maximum absolute atomic E-state index is 12.2. The third-order valence-corrected chi connectivity index (χ3v) is 9.63. The van der Waals surface area contributed by atoms with E-state index in [1.807, 2.05) is 60.7 Å². The van der Waals surface area contributed by atoms with Crippen LogP contribution < -0.4 is 0 Å². The number of benzene rings is 2. The molecule has 0 saturated carbocycles. The highest BCUT2D eigenvalue weighted by molar-refractivity contribution is 9.09. The van der Waals surface area contributed by atoms with E-state index in [0.29, 0.717) is 51.1 Å². The molecule has 2 aromatic rings. The molecule has 49 heavy (non-hydrogen) atoms. The lowest BCUT2D eigenvalue weighted by atomic mass is 10.0. The molecule has 0 aliphatic carbocycles. The molecule has 2 aliphatic rings. The largest absolute Gasteiger partial charge is 0.469 e. The summed E-state index contributed by atoms with van der Waals surface area (Å²) in [5.74, 6) is -1.12. The van der Waals surface area contributed by atoms with E-state index >= 15 is 0 Å². The Morgan fingerprint density at radius 3 is 1.78 bits per heavy atom. The van der Waals surface area contributed by atoms with Crippen molar-refractivity contribution in [3.8, 4) is 0 Å². The Kier molecular flexibility index (Phi) is 20.5. The molecule has 0 spiro atoms. The highest BCUT2D eigenvalue weighted by Crippen LogP contribution is 2.38. The van der Waals surface area contributed by atoms with Crippen molar-refractivity contribution in [3.63, 3.8) is 0 Å². The van der Waals surface area contributed by atoms with Crippen LogP contribution in [0.2, 0.25) is 0 Å². The van der Waals surface area contributed by atoms with Gasteiger partial charge in [-0.25, -0.2) is 0 Å². The summed E-state index contributed by atoms with van der Waals surface area (Å²) in [5.41, 5.74) is 2.21. The molecule has 2 heterocycles. The predicted octanol–water partition coefficient (Wildman–Crippen LogP) is 5.05.